The van der Waals surface area contributed by atoms with E-state index in [1.54, 1.807) is 0 Å². The van der Waals surface area contributed by atoms with Crippen molar-refractivity contribution in [3.8, 4) is 11.8 Å². The normalized spacial score (nSPS) is 17.8. The first-order valence-electron chi connectivity index (χ1n) is 13.8. The number of hydrogen-bond acceptors (Lipinski definition) is 3. The van der Waals surface area contributed by atoms with Gasteiger partial charge in [-0.05, 0) is 85.6 Å². The molecule has 3 nitrogen and oxygen atoms in total. The predicted molar refractivity (Wildman–Crippen MR) is 144 cm³/mol. The van der Waals surface area contributed by atoms with E-state index in [-0.39, 0.29) is 11.9 Å². The highest BCUT2D eigenvalue weighted by Crippen LogP contribution is 2.37. The van der Waals surface area contributed by atoms with Gasteiger partial charge in [-0.1, -0.05) is 83.2 Å². The predicted octanol–water partition coefficient (Wildman–Crippen LogP) is 8.54. The van der Waals surface area contributed by atoms with Crippen LogP contribution in [0.1, 0.15) is 113 Å². The number of nitrogens with zero attached hydrogens (tertiary/aromatic N) is 1. The highest BCUT2D eigenvalue weighted by atomic mass is 16.5. The van der Waals surface area contributed by atoms with E-state index in [2.05, 4.69) is 51.1 Å². The number of benzene rings is 2. The van der Waals surface area contributed by atoms with E-state index in [4.69, 9.17) is 4.74 Å². The minimum Gasteiger partial charge on any atom is -0.425 e. The van der Waals surface area contributed by atoms with Crippen LogP contribution in [0.2, 0.25) is 0 Å². The molecule has 3 rings (SSSR count). The van der Waals surface area contributed by atoms with Gasteiger partial charge in [0.2, 0.25) is 0 Å². The molecule has 1 aliphatic carbocycles. The molecule has 0 saturated heterocycles. The van der Waals surface area contributed by atoms with E-state index in [0.717, 1.165) is 50.5 Å². The zero-order valence-corrected chi connectivity index (χ0v) is 22.0. The van der Waals surface area contributed by atoms with Gasteiger partial charge in [-0.15, -0.1) is 0 Å². The van der Waals surface area contributed by atoms with Crippen molar-refractivity contribution >= 4 is 5.97 Å². The van der Waals surface area contributed by atoms with E-state index in [0.29, 0.717) is 23.1 Å². The van der Waals surface area contributed by atoms with Crippen molar-refractivity contribution < 1.29 is 9.53 Å². The molecule has 0 radical (unpaired) electrons. The van der Waals surface area contributed by atoms with Crippen molar-refractivity contribution in [1.29, 1.82) is 5.26 Å². The molecule has 0 aliphatic heterocycles. The summed E-state index contributed by atoms with van der Waals surface area (Å²) >= 11 is 0. The molecule has 0 unspecified atom stereocenters. The van der Waals surface area contributed by atoms with Crippen molar-refractivity contribution in [1.82, 2.24) is 0 Å². The summed E-state index contributed by atoms with van der Waals surface area (Å²) in [5, 5.41) is 9.62. The highest BCUT2D eigenvalue weighted by molar-refractivity contribution is 5.76. The first kappa shape index (κ1) is 27.0. The first-order valence-corrected chi connectivity index (χ1v) is 13.8. The van der Waals surface area contributed by atoms with Gasteiger partial charge in [0.05, 0.1) is 11.5 Å². The fourth-order valence-electron chi connectivity index (χ4n) is 5.27. The van der Waals surface area contributed by atoms with Gasteiger partial charge in [0.1, 0.15) is 11.8 Å². The Morgan fingerprint density at radius 2 is 1.60 bits per heavy atom. The third kappa shape index (κ3) is 8.53. The van der Waals surface area contributed by atoms with Gasteiger partial charge in [0, 0.05) is 0 Å². The monoisotopic (exact) mass is 473 g/mol. The zero-order chi connectivity index (χ0) is 25.0. The third-order valence-electron chi connectivity index (χ3n) is 7.35. The minimum atomic E-state index is -0.184. The van der Waals surface area contributed by atoms with Gasteiger partial charge in [-0.2, -0.15) is 5.26 Å². The quantitative estimate of drug-likeness (QED) is 0.176. The number of esters is 1. The molecule has 188 valence electrons. The molecule has 2 aromatic carbocycles. The van der Waals surface area contributed by atoms with Crippen LogP contribution in [0, 0.1) is 23.2 Å². The highest BCUT2D eigenvalue weighted by Gasteiger charge is 2.29. The topological polar surface area (TPSA) is 50.1 Å². The largest absolute Gasteiger partial charge is 0.425 e. The number of rotatable bonds is 12. The molecule has 2 aromatic rings. The Balaban J connectivity index is 1.48. The number of aryl methyl sites for hydroxylation is 1. The maximum Gasteiger partial charge on any atom is 0.314 e. The third-order valence-corrected chi connectivity index (χ3v) is 7.35. The molecule has 0 atom stereocenters. The molecular weight excluding hydrogens is 430 g/mol. The van der Waals surface area contributed by atoms with Gasteiger partial charge in [0.25, 0.3) is 0 Å². The van der Waals surface area contributed by atoms with Gasteiger partial charge in [0.15, 0.2) is 0 Å². The maximum absolute atomic E-state index is 12.9. The number of unbranched alkanes of at least 4 members (excludes halogenated alkanes) is 5. The molecule has 0 aromatic heterocycles. The van der Waals surface area contributed by atoms with Crippen molar-refractivity contribution in [3.05, 3.63) is 64.7 Å². The zero-order valence-electron chi connectivity index (χ0n) is 22.0. The maximum atomic E-state index is 12.9. The Hall–Kier alpha value is -2.60. The molecular formula is C32H43NO2. The Kier molecular flexibility index (Phi) is 10.9. The van der Waals surface area contributed by atoms with E-state index in [1.807, 2.05) is 18.2 Å². The van der Waals surface area contributed by atoms with Crippen LogP contribution in [-0.4, -0.2) is 5.97 Å². The van der Waals surface area contributed by atoms with Crippen LogP contribution in [0.3, 0.4) is 0 Å². The Morgan fingerprint density at radius 1 is 0.943 bits per heavy atom. The van der Waals surface area contributed by atoms with Crippen molar-refractivity contribution in [2.45, 2.75) is 104 Å². The number of nitriles is 1. The number of carbonyl (C=O) groups is 1. The van der Waals surface area contributed by atoms with Crippen molar-refractivity contribution in [2.75, 3.05) is 0 Å². The smallest absolute Gasteiger partial charge is 0.314 e. The van der Waals surface area contributed by atoms with Gasteiger partial charge < -0.3 is 4.74 Å². The van der Waals surface area contributed by atoms with Crippen LogP contribution in [0.25, 0.3) is 0 Å². The number of ether oxygens (including phenoxy) is 1. The minimum absolute atomic E-state index is 0.0826. The lowest BCUT2D eigenvalue weighted by Gasteiger charge is -2.27. The summed E-state index contributed by atoms with van der Waals surface area (Å²) in [6.45, 7) is 6.73. The van der Waals surface area contributed by atoms with Gasteiger partial charge in [-0.25, -0.2) is 0 Å². The van der Waals surface area contributed by atoms with E-state index >= 15 is 0 Å². The molecule has 0 bridgehead atoms. The number of carbonyl (C=O) groups excluding carboxylic acids is 1. The van der Waals surface area contributed by atoms with Crippen LogP contribution < -0.4 is 4.74 Å². The molecule has 1 aliphatic rings. The molecule has 0 spiro atoms. The number of hydrogen-bond donors (Lipinski definition) is 0. The fraction of sp³-hybridized carbons (Fsp3) is 0.562. The lowest BCUT2D eigenvalue weighted by atomic mass is 9.78. The molecule has 35 heavy (non-hydrogen) atoms. The standard InChI is InChI=1S/C32H43NO2/c1-4-5-6-7-8-9-10-25-13-20-31(30(22-25)23-33)35-32(34)29-18-16-28(17-19-29)27-14-11-26(12-15-27)21-24(2)3/h11-15,20,22,24,28-29H,4-10,16-19,21H2,1-3H3. The average Bonchev–Trinajstić information content (AvgIpc) is 2.87. The Labute approximate surface area is 212 Å². The second-order valence-electron chi connectivity index (χ2n) is 10.8. The first-order chi connectivity index (χ1) is 17.0. The van der Waals surface area contributed by atoms with Crippen LogP contribution in [-0.2, 0) is 17.6 Å². The Bertz CT molecular complexity index is 962. The van der Waals surface area contributed by atoms with Gasteiger partial charge >= 0.3 is 5.97 Å². The summed E-state index contributed by atoms with van der Waals surface area (Å²) in [5.74, 6) is 1.33. The van der Waals surface area contributed by atoms with Crippen LogP contribution in [0.4, 0.5) is 0 Å². The van der Waals surface area contributed by atoms with Crippen molar-refractivity contribution in [2.24, 2.45) is 11.8 Å². The molecule has 0 N–H and O–H groups in total. The second kappa shape index (κ2) is 14.1. The average molecular weight is 474 g/mol. The SMILES string of the molecule is CCCCCCCCc1ccc(OC(=O)C2CCC(c3ccc(CC(C)C)cc3)CC2)c(C#N)c1. The molecule has 1 saturated carbocycles. The molecule has 0 amide bonds. The van der Waals surface area contributed by atoms with E-state index < -0.39 is 0 Å². The van der Waals surface area contributed by atoms with Crippen LogP contribution >= 0.6 is 0 Å². The lowest BCUT2D eigenvalue weighted by molar-refractivity contribution is -0.140. The Morgan fingerprint density at radius 3 is 2.26 bits per heavy atom. The molecule has 1 fully saturated rings. The van der Waals surface area contributed by atoms with Crippen LogP contribution in [0.5, 0.6) is 5.75 Å². The summed E-state index contributed by atoms with van der Waals surface area (Å²) in [7, 11) is 0. The summed E-state index contributed by atoms with van der Waals surface area (Å²) in [4.78, 5) is 12.9. The van der Waals surface area contributed by atoms with Gasteiger partial charge in [-0.3, -0.25) is 4.79 Å². The summed E-state index contributed by atoms with van der Waals surface area (Å²) in [6.07, 6.45) is 13.3. The van der Waals surface area contributed by atoms with E-state index in [1.165, 1.54) is 43.2 Å². The van der Waals surface area contributed by atoms with Crippen molar-refractivity contribution in [3.63, 3.8) is 0 Å². The summed E-state index contributed by atoms with van der Waals surface area (Å²) in [6, 6.07) is 17.0. The molecule has 0 heterocycles. The summed E-state index contributed by atoms with van der Waals surface area (Å²) < 4.78 is 5.73. The fourth-order valence-corrected chi connectivity index (χ4v) is 5.27. The van der Waals surface area contributed by atoms with Crippen LogP contribution in [0.15, 0.2) is 42.5 Å². The molecule has 3 heteroatoms. The lowest BCUT2D eigenvalue weighted by Crippen LogP contribution is -2.25. The van der Waals surface area contributed by atoms with E-state index in [9.17, 15) is 10.1 Å². The second-order valence-corrected chi connectivity index (χ2v) is 10.8. The summed E-state index contributed by atoms with van der Waals surface area (Å²) in [5.41, 5.74) is 4.40.